The van der Waals surface area contributed by atoms with Crippen molar-refractivity contribution in [2.24, 2.45) is 0 Å². The van der Waals surface area contributed by atoms with Crippen LogP contribution in [-0.2, 0) is 4.79 Å². The fourth-order valence-corrected chi connectivity index (χ4v) is 1.95. The number of nitrogens with zero attached hydrogens (tertiary/aromatic N) is 2. The normalized spacial score (nSPS) is 17.5. The van der Waals surface area contributed by atoms with E-state index >= 15 is 0 Å². The van der Waals surface area contributed by atoms with Crippen LogP contribution in [0.3, 0.4) is 0 Å². The summed E-state index contributed by atoms with van der Waals surface area (Å²) >= 11 is 0. The average Bonchev–Trinajstić information content (AvgIpc) is 2.65. The Kier molecular flexibility index (Phi) is 3.32. The molecule has 0 spiro atoms. The third-order valence-electron chi connectivity index (χ3n) is 3.21. The monoisotopic (exact) mass is 250 g/mol. The molecule has 0 radical (unpaired) electrons. The molecule has 1 aliphatic heterocycles. The molecule has 1 aromatic carbocycles. The minimum absolute atomic E-state index is 0.0160. The Labute approximate surface area is 105 Å². The summed E-state index contributed by atoms with van der Waals surface area (Å²) in [6, 6.07) is 5.33. The van der Waals surface area contributed by atoms with Gasteiger partial charge in [-0.3, -0.25) is 4.79 Å². The van der Waals surface area contributed by atoms with Crippen LogP contribution in [0.25, 0.3) is 0 Å². The van der Waals surface area contributed by atoms with Crippen molar-refractivity contribution in [3.63, 3.8) is 0 Å². The first kappa shape index (κ1) is 12.5. The Morgan fingerprint density at radius 2 is 2.00 bits per heavy atom. The van der Waals surface area contributed by atoms with Crippen LogP contribution in [0, 0.1) is 5.82 Å². The second kappa shape index (κ2) is 4.76. The van der Waals surface area contributed by atoms with Gasteiger partial charge in [0, 0.05) is 6.04 Å². The minimum Gasteiger partial charge on any atom is -0.312 e. The lowest BCUT2D eigenvalue weighted by atomic mass is 10.2. The van der Waals surface area contributed by atoms with Gasteiger partial charge in [-0.25, -0.2) is 14.1 Å². The second-order valence-electron chi connectivity index (χ2n) is 4.35. The van der Waals surface area contributed by atoms with Gasteiger partial charge in [0.25, 0.3) is 5.91 Å². The highest BCUT2D eigenvalue weighted by Crippen LogP contribution is 2.25. The highest BCUT2D eigenvalue weighted by atomic mass is 19.1. The van der Waals surface area contributed by atoms with Gasteiger partial charge in [0.2, 0.25) is 0 Å². The molecule has 0 aliphatic carbocycles. The Bertz CT molecular complexity index is 490. The summed E-state index contributed by atoms with van der Waals surface area (Å²) in [6.07, 6.45) is 0.754. The van der Waals surface area contributed by atoms with E-state index in [1.165, 1.54) is 23.1 Å². The Morgan fingerprint density at radius 3 is 2.61 bits per heavy atom. The molecule has 1 aliphatic rings. The molecule has 1 heterocycles. The summed E-state index contributed by atoms with van der Waals surface area (Å²) in [5.74, 6) is -0.949. The number of para-hydroxylation sites is 1. The zero-order chi connectivity index (χ0) is 13.3. The average molecular weight is 250 g/mol. The quantitative estimate of drug-likeness (QED) is 0.773. The third kappa shape index (κ3) is 1.96. The maximum atomic E-state index is 13.6. The van der Waals surface area contributed by atoms with Gasteiger partial charge in [-0.2, -0.15) is 0 Å². The van der Waals surface area contributed by atoms with Crippen LogP contribution in [0.1, 0.15) is 20.3 Å². The second-order valence-corrected chi connectivity index (χ2v) is 4.35. The first-order chi connectivity index (χ1) is 8.56. The summed E-state index contributed by atoms with van der Waals surface area (Å²) in [4.78, 5) is 26.4. The summed E-state index contributed by atoms with van der Waals surface area (Å²) < 4.78 is 13.6. The Balaban J connectivity index is 2.33. The molecule has 3 amide bonds. The highest BCUT2D eigenvalue weighted by Gasteiger charge is 2.39. The molecule has 0 N–H and O–H groups in total. The largest absolute Gasteiger partial charge is 0.332 e. The SMILES string of the molecule is CCC(C)N1CC(=O)N(c2ccccc2F)C1=O. The molecule has 0 saturated carbocycles. The number of hydrogen-bond donors (Lipinski definition) is 0. The van der Waals surface area contributed by atoms with Crippen molar-refractivity contribution in [2.45, 2.75) is 26.3 Å². The number of benzene rings is 1. The molecule has 1 atom stereocenters. The van der Waals surface area contributed by atoms with Crippen LogP contribution in [0.2, 0.25) is 0 Å². The molecule has 5 heteroatoms. The topological polar surface area (TPSA) is 40.6 Å². The van der Waals surface area contributed by atoms with Crippen LogP contribution < -0.4 is 4.90 Å². The van der Waals surface area contributed by atoms with Crippen LogP contribution in [-0.4, -0.2) is 29.4 Å². The molecular weight excluding hydrogens is 235 g/mol. The maximum absolute atomic E-state index is 13.6. The first-order valence-corrected chi connectivity index (χ1v) is 5.94. The summed E-state index contributed by atoms with van der Waals surface area (Å²) in [5, 5.41) is 0. The number of rotatable bonds is 3. The molecule has 1 unspecified atom stereocenters. The van der Waals surface area contributed by atoms with Gasteiger partial charge in [-0.1, -0.05) is 19.1 Å². The van der Waals surface area contributed by atoms with Crippen molar-refractivity contribution in [1.29, 1.82) is 0 Å². The van der Waals surface area contributed by atoms with Gasteiger partial charge in [0.05, 0.1) is 5.69 Å². The number of halogens is 1. The molecular formula is C13H15FN2O2. The van der Waals surface area contributed by atoms with E-state index in [0.717, 1.165) is 11.3 Å². The molecule has 0 aromatic heterocycles. The van der Waals surface area contributed by atoms with Crippen molar-refractivity contribution in [2.75, 3.05) is 11.4 Å². The summed E-state index contributed by atoms with van der Waals surface area (Å²) in [5.41, 5.74) is 0.0262. The number of imide groups is 1. The van der Waals surface area contributed by atoms with E-state index in [-0.39, 0.29) is 24.2 Å². The first-order valence-electron chi connectivity index (χ1n) is 5.94. The zero-order valence-electron chi connectivity index (χ0n) is 10.4. The standard InChI is InChI=1S/C13H15FN2O2/c1-3-9(2)15-8-12(17)16(13(15)18)11-7-5-4-6-10(11)14/h4-7,9H,3,8H2,1-2H3. The van der Waals surface area contributed by atoms with E-state index in [0.29, 0.717) is 0 Å². The van der Waals surface area contributed by atoms with Crippen molar-refractivity contribution in [1.82, 2.24) is 4.90 Å². The Morgan fingerprint density at radius 1 is 1.33 bits per heavy atom. The zero-order valence-corrected chi connectivity index (χ0v) is 10.4. The Hall–Kier alpha value is -1.91. The van der Waals surface area contributed by atoms with Crippen LogP contribution >= 0.6 is 0 Å². The molecule has 2 rings (SSSR count). The molecule has 1 fully saturated rings. The molecule has 1 aromatic rings. The van der Waals surface area contributed by atoms with E-state index < -0.39 is 11.8 Å². The van der Waals surface area contributed by atoms with Crippen molar-refractivity contribution in [3.8, 4) is 0 Å². The summed E-state index contributed by atoms with van der Waals surface area (Å²) in [7, 11) is 0. The van der Waals surface area contributed by atoms with E-state index in [2.05, 4.69) is 0 Å². The number of carbonyl (C=O) groups excluding carboxylic acids is 2. The lowest BCUT2D eigenvalue weighted by molar-refractivity contribution is -0.116. The number of amides is 3. The van der Waals surface area contributed by atoms with Gasteiger partial charge in [-0.05, 0) is 25.5 Å². The summed E-state index contributed by atoms with van der Waals surface area (Å²) in [6.45, 7) is 3.83. The lowest BCUT2D eigenvalue weighted by Crippen LogP contribution is -2.38. The van der Waals surface area contributed by atoms with Crippen molar-refractivity contribution >= 4 is 17.6 Å². The van der Waals surface area contributed by atoms with Crippen LogP contribution in [0.15, 0.2) is 24.3 Å². The van der Waals surface area contributed by atoms with Crippen molar-refractivity contribution in [3.05, 3.63) is 30.1 Å². The van der Waals surface area contributed by atoms with Gasteiger partial charge >= 0.3 is 6.03 Å². The molecule has 18 heavy (non-hydrogen) atoms. The molecule has 96 valence electrons. The van der Waals surface area contributed by atoms with Crippen molar-refractivity contribution < 1.29 is 14.0 Å². The van der Waals surface area contributed by atoms with Gasteiger partial charge < -0.3 is 4.90 Å². The van der Waals surface area contributed by atoms with E-state index in [1.54, 1.807) is 6.07 Å². The van der Waals surface area contributed by atoms with Gasteiger partial charge in [-0.15, -0.1) is 0 Å². The van der Waals surface area contributed by atoms with Crippen LogP contribution in [0.4, 0.5) is 14.9 Å². The lowest BCUT2D eigenvalue weighted by Gasteiger charge is -2.22. The fourth-order valence-electron chi connectivity index (χ4n) is 1.95. The molecule has 0 bridgehead atoms. The number of anilines is 1. The number of urea groups is 1. The van der Waals surface area contributed by atoms with E-state index in [1.807, 2.05) is 13.8 Å². The van der Waals surface area contributed by atoms with Gasteiger partial charge in [0.1, 0.15) is 12.4 Å². The number of hydrogen-bond acceptors (Lipinski definition) is 2. The highest BCUT2D eigenvalue weighted by molar-refractivity contribution is 6.19. The maximum Gasteiger partial charge on any atom is 0.332 e. The number of carbonyl (C=O) groups is 2. The van der Waals surface area contributed by atoms with E-state index in [4.69, 9.17) is 0 Å². The smallest absolute Gasteiger partial charge is 0.312 e. The molecule has 1 saturated heterocycles. The van der Waals surface area contributed by atoms with Gasteiger partial charge in [0.15, 0.2) is 0 Å². The third-order valence-corrected chi connectivity index (χ3v) is 3.21. The minimum atomic E-state index is -0.565. The molecule has 4 nitrogen and oxygen atoms in total. The predicted molar refractivity (Wildman–Crippen MR) is 65.7 cm³/mol. The van der Waals surface area contributed by atoms with E-state index in [9.17, 15) is 14.0 Å². The predicted octanol–water partition coefficient (Wildman–Crippen LogP) is 2.39. The van der Waals surface area contributed by atoms with Crippen LogP contribution in [0.5, 0.6) is 0 Å². The fraction of sp³-hybridized carbons (Fsp3) is 0.385.